The second-order valence-corrected chi connectivity index (χ2v) is 4.30. The van der Waals surface area contributed by atoms with E-state index in [4.69, 9.17) is 0 Å². The van der Waals surface area contributed by atoms with Crippen LogP contribution >= 0.6 is 15.9 Å². The van der Waals surface area contributed by atoms with Gasteiger partial charge < -0.3 is 4.40 Å². The topological polar surface area (TPSA) is 48.0 Å². The lowest BCUT2D eigenvalue weighted by molar-refractivity contribution is 0.641. The monoisotopic (exact) mass is 291 g/mol. The molecule has 0 aliphatic carbocycles. The van der Waals surface area contributed by atoms with Crippen LogP contribution in [-0.2, 0) is 11.9 Å². The number of rotatable bonds is 3. The Morgan fingerprint density at radius 2 is 2.12 bits per heavy atom. The lowest BCUT2D eigenvalue weighted by atomic mass is 10.5. The maximum Gasteiger partial charge on any atom is 0.137 e. The number of hydrogen-bond acceptors (Lipinski definition) is 3. The maximum atomic E-state index is 4.51. The zero-order chi connectivity index (χ0) is 11.7. The summed E-state index contributed by atoms with van der Waals surface area (Å²) in [6.07, 6.45) is 5.90. The Hall–Kier alpha value is -1.69. The van der Waals surface area contributed by atoms with Crippen molar-refractivity contribution >= 4 is 21.6 Å². The van der Waals surface area contributed by atoms with Crippen molar-refractivity contribution in [3.8, 4) is 0 Å². The zero-order valence-corrected chi connectivity index (χ0v) is 10.6. The number of halogens is 1. The first-order valence-electron chi connectivity index (χ1n) is 5.23. The summed E-state index contributed by atoms with van der Waals surface area (Å²) in [7, 11) is 0. The number of aromatic nitrogens is 5. The molecule has 0 radical (unpaired) electrons. The van der Waals surface area contributed by atoms with Crippen molar-refractivity contribution in [3.05, 3.63) is 48.2 Å². The van der Waals surface area contributed by atoms with Gasteiger partial charge in [0.2, 0.25) is 0 Å². The molecular formula is C11H10BrN5. The van der Waals surface area contributed by atoms with Gasteiger partial charge in [0.25, 0.3) is 0 Å². The van der Waals surface area contributed by atoms with Gasteiger partial charge in [-0.2, -0.15) is 0 Å². The van der Waals surface area contributed by atoms with Crippen LogP contribution in [0.5, 0.6) is 0 Å². The fourth-order valence-corrected chi connectivity index (χ4v) is 1.96. The van der Waals surface area contributed by atoms with E-state index < -0.39 is 0 Å². The molecule has 3 heterocycles. The number of alkyl halides is 1. The van der Waals surface area contributed by atoms with E-state index in [1.54, 1.807) is 4.68 Å². The summed E-state index contributed by atoms with van der Waals surface area (Å²) in [4.78, 5) is 4.51. The van der Waals surface area contributed by atoms with E-state index in [0.717, 1.165) is 22.4 Å². The first-order valence-corrected chi connectivity index (χ1v) is 6.35. The first kappa shape index (κ1) is 10.5. The average molecular weight is 292 g/mol. The molecule has 3 aromatic rings. The molecule has 86 valence electrons. The van der Waals surface area contributed by atoms with Crippen LogP contribution in [0, 0.1) is 0 Å². The fourth-order valence-electron chi connectivity index (χ4n) is 1.71. The summed E-state index contributed by atoms with van der Waals surface area (Å²) in [6, 6.07) is 5.94. The van der Waals surface area contributed by atoms with E-state index in [-0.39, 0.29) is 0 Å². The Kier molecular flexibility index (Phi) is 2.64. The molecule has 3 rings (SSSR count). The van der Waals surface area contributed by atoms with Crippen molar-refractivity contribution in [1.82, 2.24) is 24.4 Å². The predicted molar refractivity (Wildman–Crippen MR) is 66.9 cm³/mol. The van der Waals surface area contributed by atoms with Crippen molar-refractivity contribution in [2.45, 2.75) is 11.9 Å². The smallest absolute Gasteiger partial charge is 0.137 e. The van der Waals surface area contributed by atoms with Gasteiger partial charge in [0, 0.05) is 23.9 Å². The number of imidazole rings is 1. The molecule has 3 aromatic heterocycles. The Morgan fingerprint density at radius 3 is 2.88 bits per heavy atom. The summed E-state index contributed by atoms with van der Waals surface area (Å²) < 4.78 is 3.79. The van der Waals surface area contributed by atoms with E-state index in [1.807, 2.05) is 41.2 Å². The van der Waals surface area contributed by atoms with Gasteiger partial charge in [0.05, 0.1) is 17.9 Å². The highest BCUT2D eigenvalue weighted by Gasteiger charge is 2.04. The Balaban J connectivity index is 1.89. The maximum absolute atomic E-state index is 4.51. The van der Waals surface area contributed by atoms with Crippen molar-refractivity contribution in [2.24, 2.45) is 0 Å². The third kappa shape index (κ3) is 2.08. The predicted octanol–water partition coefficient (Wildman–Crippen LogP) is 1.87. The number of fused-ring (bicyclic) bond motifs is 1. The molecule has 0 unspecified atom stereocenters. The molecule has 0 N–H and O–H groups in total. The van der Waals surface area contributed by atoms with Crippen molar-refractivity contribution in [3.63, 3.8) is 0 Å². The number of nitrogens with zero attached hydrogens (tertiary/aromatic N) is 5. The van der Waals surface area contributed by atoms with Crippen LogP contribution in [-0.4, -0.2) is 24.4 Å². The molecule has 0 amide bonds. The van der Waals surface area contributed by atoms with Gasteiger partial charge in [-0.15, -0.1) is 5.10 Å². The average Bonchev–Trinajstić information content (AvgIpc) is 2.94. The third-order valence-corrected chi connectivity index (χ3v) is 3.04. The van der Waals surface area contributed by atoms with Crippen LogP contribution in [0.4, 0.5) is 0 Å². The Morgan fingerprint density at radius 1 is 1.18 bits per heavy atom. The van der Waals surface area contributed by atoms with Gasteiger partial charge in [-0.05, 0) is 12.1 Å². The van der Waals surface area contributed by atoms with Crippen LogP contribution in [0.15, 0.2) is 36.8 Å². The normalized spacial score (nSPS) is 11.1. The van der Waals surface area contributed by atoms with Crippen molar-refractivity contribution < 1.29 is 0 Å². The van der Waals surface area contributed by atoms with Crippen LogP contribution in [0.1, 0.15) is 11.4 Å². The van der Waals surface area contributed by atoms with E-state index in [1.165, 1.54) is 0 Å². The lowest BCUT2D eigenvalue weighted by Crippen LogP contribution is -2.00. The summed E-state index contributed by atoms with van der Waals surface area (Å²) in [5.74, 6) is 0. The Bertz CT molecular complexity index is 609. The quantitative estimate of drug-likeness (QED) is 0.692. The van der Waals surface area contributed by atoms with E-state index in [2.05, 4.69) is 31.2 Å². The minimum atomic E-state index is 0.641. The van der Waals surface area contributed by atoms with Crippen molar-refractivity contribution in [2.75, 3.05) is 0 Å². The SMILES string of the molecule is BrCc1cn(Cc2cn3ccccc3n2)nn1. The highest BCUT2D eigenvalue weighted by atomic mass is 79.9. The minimum Gasteiger partial charge on any atom is -0.307 e. The van der Waals surface area contributed by atoms with Crippen LogP contribution in [0.25, 0.3) is 5.65 Å². The molecule has 0 bridgehead atoms. The second-order valence-electron chi connectivity index (χ2n) is 3.74. The molecule has 0 saturated heterocycles. The van der Waals surface area contributed by atoms with Crippen LogP contribution < -0.4 is 0 Å². The fraction of sp³-hybridized carbons (Fsp3) is 0.182. The van der Waals surface area contributed by atoms with E-state index in [0.29, 0.717) is 6.54 Å². The van der Waals surface area contributed by atoms with Gasteiger partial charge in [-0.3, -0.25) is 0 Å². The number of pyridine rings is 1. The second kappa shape index (κ2) is 4.29. The van der Waals surface area contributed by atoms with Crippen LogP contribution in [0.3, 0.4) is 0 Å². The molecule has 0 saturated carbocycles. The third-order valence-electron chi connectivity index (χ3n) is 2.46. The van der Waals surface area contributed by atoms with Gasteiger partial charge in [0.15, 0.2) is 0 Å². The standard InChI is InChI=1S/C11H10BrN5/c12-5-9-7-17(15-14-9)8-10-6-16-4-2-1-3-11(16)13-10/h1-4,6-7H,5,8H2. The summed E-state index contributed by atoms with van der Waals surface area (Å²) in [5.41, 5.74) is 2.85. The molecule has 0 aliphatic heterocycles. The molecule has 0 spiro atoms. The molecule has 0 aromatic carbocycles. The summed E-state index contributed by atoms with van der Waals surface area (Å²) in [6.45, 7) is 0.641. The van der Waals surface area contributed by atoms with Crippen molar-refractivity contribution in [1.29, 1.82) is 0 Å². The minimum absolute atomic E-state index is 0.641. The molecular weight excluding hydrogens is 282 g/mol. The van der Waals surface area contributed by atoms with Gasteiger partial charge in [0.1, 0.15) is 5.65 Å². The molecule has 0 fully saturated rings. The highest BCUT2D eigenvalue weighted by Crippen LogP contribution is 2.06. The largest absolute Gasteiger partial charge is 0.307 e. The summed E-state index contributed by atoms with van der Waals surface area (Å²) in [5, 5.41) is 8.78. The Labute approximate surface area is 106 Å². The number of hydrogen-bond donors (Lipinski definition) is 0. The molecule has 5 nitrogen and oxygen atoms in total. The zero-order valence-electron chi connectivity index (χ0n) is 8.99. The molecule has 6 heteroatoms. The van der Waals surface area contributed by atoms with Crippen LogP contribution in [0.2, 0.25) is 0 Å². The molecule has 0 atom stereocenters. The lowest BCUT2D eigenvalue weighted by Gasteiger charge is -1.93. The van der Waals surface area contributed by atoms with E-state index >= 15 is 0 Å². The van der Waals surface area contributed by atoms with Gasteiger partial charge >= 0.3 is 0 Å². The summed E-state index contributed by atoms with van der Waals surface area (Å²) >= 11 is 3.35. The van der Waals surface area contributed by atoms with Gasteiger partial charge in [-0.1, -0.05) is 27.2 Å². The molecule has 17 heavy (non-hydrogen) atoms. The van der Waals surface area contributed by atoms with Gasteiger partial charge in [-0.25, -0.2) is 9.67 Å². The molecule has 0 aliphatic rings. The highest BCUT2D eigenvalue weighted by molar-refractivity contribution is 9.08. The van der Waals surface area contributed by atoms with E-state index in [9.17, 15) is 0 Å². The first-order chi connectivity index (χ1) is 8.35.